The molecule has 0 bridgehead atoms. The fourth-order valence-corrected chi connectivity index (χ4v) is 2.79. The van der Waals surface area contributed by atoms with Crippen LogP contribution >= 0.6 is 11.6 Å². The standard InChI is InChI=1S/C14H19ClN2O2/c1-11-3-2-7-16(8-6-11)13-4-5-14(17(18)19)12(9-13)10-15/h4-5,9,11H,2-3,6-8,10H2,1H3. The van der Waals surface area contributed by atoms with Crippen molar-refractivity contribution in [1.82, 2.24) is 0 Å². The summed E-state index contributed by atoms with van der Waals surface area (Å²) >= 11 is 5.82. The molecule has 1 atom stereocenters. The molecule has 1 aromatic carbocycles. The maximum atomic E-state index is 10.9. The zero-order chi connectivity index (χ0) is 13.8. The van der Waals surface area contributed by atoms with Crippen LogP contribution in [0.2, 0.25) is 0 Å². The Bertz CT molecular complexity index is 465. The molecule has 1 aliphatic rings. The lowest BCUT2D eigenvalue weighted by molar-refractivity contribution is -0.385. The van der Waals surface area contributed by atoms with E-state index in [-0.39, 0.29) is 16.5 Å². The van der Waals surface area contributed by atoms with Gasteiger partial charge in [-0.2, -0.15) is 0 Å². The monoisotopic (exact) mass is 282 g/mol. The Morgan fingerprint density at radius 3 is 2.89 bits per heavy atom. The van der Waals surface area contributed by atoms with Crippen LogP contribution in [0.3, 0.4) is 0 Å². The summed E-state index contributed by atoms with van der Waals surface area (Å²) in [6, 6.07) is 5.27. The molecule has 0 aliphatic carbocycles. The van der Waals surface area contributed by atoms with E-state index >= 15 is 0 Å². The summed E-state index contributed by atoms with van der Waals surface area (Å²) in [6.07, 6.45) is 3.60. The van der Waals surface area contributed by atoms with Gasteiger partial charge in [-0.15, -0.1) is 11.6 Å². The summed E-state index contributed by atoms with van der Waals surface area (Å²) in [5.41, 5.74) is 1.76. The highest BCUT2D eigenvalue weighted by Crippen LogP contribution is 2.28. The second-order valence-corrected chi connectivity index (χ2v) is 5.49. The van der Waals surface area contributed by atoms with Crippen molar-refractivity contribution in [3.8, 4) is 0 Å². The van der Waals surface area contributed by atoms with E-state index in [1.807, 2.05) is 12.1 Å². The highest BCUT2D eigenvalue weighted by Gasteiger charge is 2.18. The number of benzene rings is 1. The van der Waals surface area contributed by atoms with E-state index in [0.29, 0.717) is 5.56 Å². The first-order valence-corrected chi connectivity index (χ1v) is 7.23. The smallest absolute Gasteiger partial charge is 0.273 e. The van der Waals surface area contributed by atoms with E-state index < -0.39 is 0 Å². The summed E-state index contributed by atoms with van der Waals surface area (Å²) in [7, 11) is 0. The van der Waals surface area contributed by atoms with Gasteiger partial charge in [-0.05, 0) is 37.3 Å². The van der Waals surface area contributed by atoms with E-state index in [1.54, 1.807) is 6.07 Å². The molecule has 19 heavy (non-hydrogen) atoms. The molecule has 1 aliphatic heterocycles. The van der Waals surface area contributed by atoms with Gasteiger partial charge in [0, 0.05) is 30.4 Å². The minimum Gasteiger partial charge on any atom is -0.372 e. The van der Waals surface area contributed by atoms with Crippen LogP contribution in [0, 0.1) is 16.0 Å². The van der Waals surface area contributed by atoms with Crippen molar-refractivity contribution >= 4 is 23.0 Å². The number of nitro benzene ring substituents is 1. The van der Waals surface area contributed by atoms with Crippen LogP contribution < -0.4 is 4.90 Å². The lowest BCUT2D eigenvalue weighted by Gasteiger charge is -2.23. The third kappa shape index (κ3) is 3.38. The first-order chi connectivity index (χ1) is 9.11. The molecule has 104 valence electrons. The van der Waals surface area contributed by atoms with Crippen LogP contribution in [0.25, 0.3) is 0 Å². The molecule has 5 heteroatoms. The van der Waals surface area contributed by atoms with Crippen molar-refractivity contribution in [1.29, 1.82) is 0 Å². The van der Waals surface area contributed by atoms with Gasteiger partial charge in [0.15, 0.2) is 0 Å². The van der Waals surface area contributed by atoms with Crippen LogP contribution in [0.1, 0.15) is 31.7 Å². The Hall–Kier alpha value is -1.29. The van der Waals surface area contributed by atoms with Crippen LogP contribution in [-0.4, -0.2) is 18.0 Å². The largest absolute Gasteiger partial charge is 0.372 e. The van der Waals surface area contributed by atoms with Gasteiger partial charge in [-0.1, -0.05) is 6.92 Å². The topological polar surface area (TPSA) is 46.4 Å². The molecule has 0 N–H and O–H groups in total. The van der Waals surface area contributed by atoms with Gasteiger partial charge in [-0.3, -0.25) is 10.1 Å². The van der Waals surface area contributed by atoms with E-state index in [4.69, 9.17) is 11.6 Å². The molecule has 1 fully saturated rings. The van der Waals surface area contributed by atoms with Gasteiger partial charge >= 0.3 is 0 Å². The summed E-state index contributed by atoms with van der Waals surface area (Å²) < 4.78 is 0. The van der Waals surface area contributed by atoms with Gasteiger partial charge in [0.05, 0.1) is 10.8 Å². The van der Waals surface area contributed by atoms with E-state index in [9.17, 15) is 10.1 Å². The Morgan fingerprint density at radius 2 is 2.21 bits per heavy atom. The SMILES string of the molecule is CC1CCCN(c2ccc([N+](=O)[O-])c(CCl)c2)CC1. The second-order valence-electron chi connectivity index (χ2n) is 5.23. The van der Waals surface area contributed by atoms with E-state index in [0.717, 1.165) is 24.7 Å². The third-order valence-electron chi connectivity index (χ3n) is 3.79. The lowest BCUT2D eigenvalue weighted by Crippen LogP contribution is -2.24. The average molecular weight is 283 g/mol. The molecule has 2 rings (SSSR count). The zero-order valence-corrected chi connectivity index (χ0v) is 11.9. The van der Waals surface area contributed by atoms with Crippen molar-refractivity contribution in [3.63, 3.8) is 0 Å². The molecule has 0 spiro atoms. The first kappa shape index (κ1) is 14.1. The molecule has 1 unspecified atom stereocenters. The fourth-order valence-electron chi connectivity index (χ4n) is 2.57. The normalized spacial score (nSPS) is 20.1. The molecular formula is C14H19ClN2O2. The third-order valence-corrected chi connectivity index (χ3v) is 4.07. The van der Waals surface area contributed by atoms with Crippen molar-refractivity contribution < 1.29 is 4.92 Å². The second kappa shape index (κ2) is 6.24. The Balaban J connectivity index is 2.22. The number of nitrogens with zero attached hydrogens (tertiary/aromatic N) is 2. The highest BCUT2D eigenvalue weighted by molar-refractivity contribution is 6.17. The molecule has 0 saturated carbocycles. The van der Waals surface area contributed by atoms with Gasteiger partial charge in [0.2, 0.25) is 0 Å². The van der Waals surface area contributed by atoms with E-state index in [1.165, 1.54) is 19.3 Å². The average Bonchev–Trinajstić information content (AvgIpc) is 2.62. The van der Waals surface area contributed by atoms with Gasteiger partial charge in [-0.25, -0.2) is 0 Å². The van der Waals surface area contributed by atoms with Crippen molar-refractivity contribution in [2.75, 3.05) is 18.0 Å². The van der Waals surface area contributed by atoms with Gasteiger partial charge < -0.3 is 4.90 Å². The minimum atomic E-state index is -0.369. The first-order valence-electron chi connectivity index (χ1n) is 6.70. The van der Waals surface area contributed by atoms with Crippen molar-refractivity contribution in [2.24, 2.45) is 5.92 Å². The van der Waals surface area contributed by atoms with Crippen LogP contribution in [-0.2, 0) is 5.88 Å². The molecule has 4 nitrogen and oxygen atoms in total. The maximum Gasteiger partial charge on any atom is 0.273 e. The zero-order valence-electron chi connectivity index (χ0n) is 11.1. The predicted molar refractivity (Wildman–Crippen MR) is 77.9 cm³/mol. The number of nitro groups is 1. The fraction of sp³-hybridized carbons (Fsp3) is 0.571. The molecule has 1 heterocycles. The van der Waals surface area contributed by atoms with Crippen molar-refractivity contribution in [2.45, 2.75) is 32.1 Å². The number of alkyl halides is 1. The quantitative estimate of drug-likeness (QED) is 0.479. The van der Waals surface area contributed by atoms with Gasteiger partial charge in [0.1, 0.15) is 0 Å². The number of halogens is 1. The lowest BCUT2D eigenvalue weighted by atomic mass is 10.0. The molecule has 0 radical (unpaired) electrons. The maximum absolute atomic E-state index is 10.9. The molecular weight excluding hydrogens is 264 g/mol. The van der Waals surface area contributed by atoms with Crippen LogP contribution in [0.15, 0.2) is 18.2 Å². The van der Waals surface area contributed by atoms with E-state index in [2.05, 4.69) is 11.8 Å². The predicted octanol–water partition coefficient (Wildman–Crippen LogP) is 3.96. The van der Waals surface area contributed by atoms with Crippen LogP contribution in [0.5, 0.6) is 0 Å². The molecule has 0 aromatic heterocycles. The molecule has 1 aromatic rings. The number of rotatable bonds is 3. The highest BCUT2D eigenvalue weighted by atomic mass is 35.5. The number of hydrogen-bond donors (Lipinski definition) is 0. The Morgan fingerprint density at radius 1 is 1.42 bits per heavy atom. The van der Waals surface area contributed by atoms with Crippen molar-refractivity contribution in [3.05, 3.63) is 33.9 Å². The Labute approximate surface area is 118 Å². The van der Waals surface area contributed by atoms with Gasteiger partial charge in [0.25, 0.3) is 5.69 Å². The number of anilines is 1. The minimum absolute atomic E-state index is 0.113. The summed E-state index contributed by atoms with van der Waals surface area (Å²) in [5, 5.41) is 10.9. The molecule has 0 amide bonds. The summed E-state index contributed by atoms with van der Waals surface area (Å²) in [5.74, 6) is 0.935. The summed E-state index contributed by atoms with van der Waals surface area (Å²) in [6.45, 7) is 4.31. The number of hydrogen-bond acceptors (Lipinski definition) is 3. The molecule has 1 saturated heterocycles. The van der Waals surface area contributed by atoms with Crippen LogP contribution in [0.4, 0.5) is 11.4 Å². The summed E-state index contributed by atoms with van der Waals surface area (Å²) in [4.78, 5) is 12.8. The Kier molecular flexibility index (Phi) is 4.64.